The number of hydrogen-bond donors (Lipinski definition) is 1. The first-order valence-corrected chi connectivity index (χ1v) is 6.18. The largest absolute Gasteiger partial charge is 0.338 e. The molecule has 0 bridgehead atoms. The molecule has 0 fully saturated rings. The van der Waals surface area contributed by atoms with Gasteiger partial charge in [0.05, 0.1) is 21.4 Å². The number of carbonyl (C=O) groups excluding carboxylic acids is 1. The van der Waals surface area contributed by atoms with Crippen LogP contribution >= 0.6 is 11.3 Å². The Morgan fingerprint density at radius 3 is 3.06 bits per heavy atom. The van der Waals surface area contributed by atoms with Crippen molar-refractivity contribution < 1.29 is 9.32 Å². The predicted octanol–water partition coefficient (Wildman–Crippen LogP) is 2.85. The second kappa shape index (κ2) is 4.23. The van der Waals surface area contributed by atoms with E-state index in [-0.39, 0.29) is 5.91 Å². The first-order chi connectivity index (χ1) is 8.72. The van der Waals surface area contributed by atoms with Crippen molar-refractivity contribution >= 4 is 33.3 Å². The summed E-state index contributed by atoms with van der Waals surface area (Å²) in [6, 6.07) is 7.04. The number of amides is 1. The summed E-state index contributed by atoms with van der Waals surface area (Å²) in [7, 11) is 0. The lowest BCUT2D eigenvalue weighted by Crippen LogP contribution is -2.10. The molecular weight excluding hydrogens is 250 g/mol. The van der Waals surface area contributed by atoms with Crippen molar-refractivity contribution in [2.45, 2.75) is 6.92 Å². The van der Waals surface area contributed by atoms with Crippen LogP contribution in [0.5, 0.6) is 0 Å². The molecule has 0 saturated heterocycles. The van der Waals surface area contributed by atoms with Crippen LogP contribution in [0.1, 0.15) is 16.1 Å². The molecular formula is C12H9N3O2S. The van der Waals surface area contributed by atoms with Crippen molar-refractivity contribution in [1.82, 2.24) is 10.1 Å². The molecule has 5 nitrogen and oxygen atoms in total. The molecule has 2 aromatic heterocycles. The van der Waals surface area contributed by atoms with E-state index in [1.807, 2.05) is 12.1 Å². The Bertz CT molecular complexity index is 717. The highest BCUT2D eigenvalue weighted by molar-refractivity contribution is 7.16. The van der Waals surface area contributed by atoms with Gasteiger partial charge in [-0.3, -0.25) is 10.1 Å². The van der Waals surface area contributed by atoms with Crippen LogP contribution in [0.25, 0.3) is 10.2 Å². The third kappa shape index (κ3) is 1.98. The number of rotatable bonds is 2. The number of aryl methyl sites for hydroxylation is 1. The molecule has 0 aliphatic heterocycles. The van der Waals surface area contributed by atoms with E-state index in [9.17, 15) is 4.79 Å². The standard InChI is InChI=1S/C12H9N3O2S/c1-7-4-11(17-15-7)14-12(16)8-2-3-9-10(5-8)18-6-13-9/h2-6H,1H3,(H,14,16). The van der Waals surface area contributed by atoms with Gasteiger partial charge in [0, 0.05) is 11.6 Å². The molecule has 1 aromatic carbocycles. The Morgan fingerprint density at radius 2 is 2.28 bits per heavy atom. The van der Waals surface area contributed by atoms with Gasteiger partial charge >= 0.3 is 0 Å². The number of nitrogens with zero attached hydrogens (tertiary/aromatic N) is 2. The van der Waals surface area contributed by atoms with Crippen molar-refractivity contribution in [2.24, 2.45) is 0 Å². The van der Waals surface area contributed by atoms with Crippen LogP contribution in [0, 0.1) is 6.92 Å². The molecule has 3 rings (SSSR count). The fourth-order valence-electron chi connectivity index (χ4n) is 1.60. The van der Waals surface area contributed by atoms with Crippen LogP contribution in [0.3, 0.4) is 0 Å². The minimum atomic E-state index is -0.221. The Kier molecular flexibility index (Phi) is 2.56. The summed E-state index contributed by atoms with van der Waals surface area (Å²) in [6.07, 6.45) is 0. The summed E-state index contributed by atoms with van der Waals surface area (Å²) in [4.78, 5) is 16.1. The van der Waals surface area contributed by atoms with Crippen molar-refractivity contribution in [2.75, 3.05) is 5.32 Å². The zero-order chi connectivity index (χ0) is 12.5. The molecule has 0 spiro atoms. The second-order valence-corrected chi connectivity index (χ2v) is 4.71. The van der Waals surface area contributed by atoms with Crippen LogP contribution in [0.15, 0.2) is 34.3 Å². The molecule has 1 N–H and O–H groups in total. The molecule has 90 valence electrons. The van der Waals surface area contributed by atoms with Gasteiger partial charge in [0.2, 0.25) is 5.88 Å². The summed E-state index contributed by atoms with van der Waals surface area (Å²) < 4.78 is 5.92. The van der Waals surface area contributed by atoms with Crippen molar-refractivity contribution in [1.29, 1.82) is 0 Å². The Hall–Kier alpha value is -2.21. The fourth-order valence-corrected chi connectivity index (χ4v) is 2.32. The van der Waals surface area contributed by atoms with Crippen LogP contribution in [-0.4, -0.2) is 16.0 Å². The minimum absolute atomic E-state index is 0.221. The summed E-state index contributed by atoms with van der Waals surface area (Å²) in [5, 5.41) is 6.36. The number of hydrogen-bond acceptors (Lipinski definition) is 5. The lowest BCUT2D eigenvalue weighted by atomic mass is 10.2. The summed E-state index contributed by atoms with van der Waals surface area (Å²) in [5.74, 6) is 0.128. The number of nitrogens with one attached hydrogen (secondary N) is 1. The number of fused-ring (bicyclic) bond motifs is 1. The fraction of sp³-hybridized carbons (Fsp3) is 0.0833. The van der Waals surface area contributed by atoms with E-state index in [4.69, 9.17) is 4.52 Å². The highest BCUT2D eigenvalue weighted by Crippen LogP contribution is 2.20. The Morgan fingerprint density at radius 1 is 1.39 bits per heavy atom. The van der Waals surface area contributed by atoms with E-state index >= 15 is 0 Å². The van der Waals surface area contributed by atoms with Gasteiger partial charge in [0.15, 0.2) is 0 Å². The highest BCUT2D eigenvalue weighted by Gasteiger charge is 2.10. The van der Waals surface area contributed by atoms with E-state index in [2.05, 4.69) is 15.5 Å². The number of carbonyl (C=O) groups is 1. The van der Waals surface area contributed by atoms with E-state index < -0.39 is 0 Å². The van der Waals surface area contributed by atoms with Gasteiger partial charge in [-0.25, -0.2) is 4.98 Å². The SMILES string of the molecule is Cc1cc(NC(=O)c2ccc3ncsc3c2)on1. The maximum Gasteiger partial charge on any atom is 0.258 e. The quantitative estimate of drug-likeness (QED) is 0.768. The lowest BCUT2D eigenvalue weighted by molar-refractivity contribution is 0.102. The van der Waals surface area contributed by atoms with Crippen molar-refractivity contribution in [3.05, 3.63) is 41.0 Å². The molecule has 0 radical (unpaired) electrons. The van der Waals surface area contributed by atoms with E-state index in [0.29, 0.717) is 11.4 Å². The highest BCUT2D eigenvalue weighted by atomic mass is 32.1. The topological polar surface area (TPSA) is 68.0 Å². The molecule has 0 atom stereocenters. The molecule has 0 saturated carbocycles. The maximum atomic E-state index is 12.0. The molecule has 2 heterocycles. The Balaban J connectivity index is 1.87. The smallest absolute Gasteiger partial charge is 0.258 e. The van der Waals surface area contributed by atoms with Crippen LogP contribution in [-0.2, 0) is 0 Å². The molecule has 18 heavy (non-hydrogen) atoms. The lowest BCUT2D eigenvalue weighted by Gasteiger charge is -2.00. The second-order valence-electron chi connectivity index (χ2n) is 3.82. The van der Waals surface area contributed by atoms with Gasteiger partial charge in [-0.05, 0) is 25.1 Å². The van der Waals surface area contributed by atoms with E-state index in [1.54, 1.807) is 24.6 Å². The zero-order valence-corrected chi connectivity index (χ0v) is 10.3. The van der Waals surface area contributed by atoms with Gasteiger partial charge in [-0.2, -0.15) is 0 Å². The average Bonchev–Trinajstić information content (AvgIpc) is 2.96. The van der Waals surface area contributed by atoms with Gasteiger partial charge < -0.3 is 4.52 Å². The van der Waals surface area contributed by atoms with E-state index in [0.717, 1.165) is 15.9 Å². The first kappa shape index (κ1) is 10.9. The predicted molar refractivity (Wildman–Crippen MR) is 68.8 cm³/mol. The molecule has 0 unspecified atom stereocenters. The summed E-state index contributed by atoms with van der Waals surface area (Å²) in [6.45, 7) is 1.79. The molecule has 3 aromatic rings. The van der Waals surface area contributed by atoms with Gasteiger partial charge in [-0.15, -0.1) is 11.3 Å². The third-order valence-electron chi connectivity index (χ3n) is 2.46. The monoisotopic (exact) mass is 259 g/mol. The number of anilines is 1. The number of aromatic nitrogens is 2. The van der Waals surface area contributed by atoms with E-state index in [1.165, 1.54) is 11.3 Å². The number of thiazole rings is 1. The normalized spacial score (nSPS) is 10.7. The maximum absolute atomic E-state index is 12.0. The number of benzene rings is 1. The van der Waals surface area contributed by atoms with Crippen LogP contribution < -0.4 is 5.32 Å². The minimum Gasteiger partial charge on any atom is -0.338 e. The molecule has 6 heteroatoms. The van der Waals surface area contributed by atoms with Gasteiger partial charge in [-0.1, -0.05) is 5.16 Å². The van der Waals surface area contributed by atoms with Crippen molar-refractivity contribution in [3.63, 3.8) is 0 Å². The van der Waals surface area contributed by atoms with Crippen LogP contribution in [0.2, 0.25) is 0 Å². The Labute approximate surface area is 106 Å². The average molecular weight is 259 g/mol. The first-order valence-electron chi connectivity index (χ1n) is 5.30. The third-order valence-corrected chi connectivity index (χ3v) is 3.25. The zero-order valence-electron chi connectivity index (χ0n) is 9.51. The summed E-state index contributed by atoms with van der Waals surface area (Å²) in [5.41, 5.74) is 3.95. The molecule has 0 aliphatic rings. The molecule has 0 aliphatic carbocycles. The summed E-state index contributed by atoms with van der Waals surface area (Å²) >= 11 is 1.50. The molecule has 1 amide bonds. The van der Waals surface area contributed by atoms with Gasteiger partial charge in [0.25, 0.3) is 5.91 Å². The van der Waals surface area contributed by atoms with Crippen LogP contribution in [0.4, 0.5) is 5.88 Å². The van der Waals surface area contributed by atoms with Gasteiger partial charge in [0.1, 0.15) is 0 Å². The van der Waals surface area contributed by atoms with Crippen molar-refractivity contribution in [3.8, 4) is 0 Å².